The Kier molecular flexibility index (Phi) is 4.73. The summed E-state index contributed by atoms with van der Waals surface area (Å²) in [6, 6.07) is 0. The lowest BCUT2D eigenvalue weighted by Gasteiger charge is -2.18. The van der Waals surface area contributed by atoms with Crippen LogP contribution in [0.3, 0.4) is 0 Å². The van der Waals surface area contributed by atoms with Gasteiger partial charge in [0.2, 0.25) is 0 Å². The normalized spacial score (nSPS) is 21.3. The molecule has 0 radical (unpaired) electrons. The molecular formula is C10H14F3I. The molecule has 0 saturated heterocycles. The fourth-order valence-corrected chi connectivity index (χ4v) is 2.75. The molecule has 0 N–H and O–H groups in total. The minimum Gasteiger partial charge on any atom is -0.171 e. The predicted molar refractivity (Wildman–Crippen MR) is 59.4 cm³/mol. The summed E-state index contributed by atoms with van der Waals surface area (Å²) in [6.07, 6.45) is 2.68. The Balaban J connectivity index is 2.41. The van der Waals surface area contributed by atoms with Gasteiger partial charge in [-0.1, -0.05) is 25.3 Å². The van der Waals surface area contributed by atoms with Crippen LogP contribution in [0.15, 0.2) is 9.66 Å². The van der Waals surface area contributed by atoms with Crippen molar-refractivity contribution in [2.24, 2.45) is 5.92 Å². The number of hydrogen-bond acceptors (Lipinski definition) is 0. The number of rotatable bonds is 2. The van der Waals surface area contributed by atoms with Crippen molar-refractivity contribution in [3.8, 4) is 0 Å². The third kappa shape index (κ3) is 5.22. The van der Waals surface area contributed by atoms with E-state index in [2.05, 4.69) is 0 Å². The van der Waals surface area contributed by atoms with Crippen molar-refractivity contribution < 1.29 is 13.2 Å². The van der Waals surface area contributed by atoms with E-state index in [9.17, 15) is 13.2 Å². The largest absolute Gasteiger partial charge is 0.393 e. The third-order valence-electron chi connectivity index (χ3n) is 2.44. The third-order valence-corrected chi connectivity index (χ3v) is 3.18. The molecule has 0 atom stereocenters. The maximum Gasteiger partial charge on any atom is 0.393 e. The lowest BCUT2D eigenvalue weighted by Crippen LogP contribution is -2.08. The van der Waals surface area contributed by atoms with Crippen molar-refractivity contribution in [2.45, 2.75) is 44.7 Å². The van der Waals surface area contributed by atoms with Crippen molar-refractivity contribution in [3.05, 3.63) is 9.66 Å². The van der Waals surface area contributed by atoms with Crippen molar-refractivity contribution in [1.29, 1.82) is 0 Å². The van der Waals surface area contributed by atoms with E-state index in [4.69, 9.17) is 0 Å². The summed E-state index contributed by atoms with van der Waals surface area (Å²) in [7, 11) is 0. The fraction of sp³-hybridized carbons (Fsp3) is 0.800. The van der Waals surface area contributed by atoms with Crippen LogP contribution in [0, 0.1) is 5.92 Å². The second-order valence-electron chi connectivity index (χ2n) is 3.80. The number of halogens is 4. The van der Waals surface area contributed by atoms with E-state index in [0.717, 1.165) is 25.7 Å². The van der Waals surface area contributed by atoms with E-state index in [-0.39, 0.29) is 0 Å². The first-order valence-corrected chi connectivity index (χ1v) is 5.98. The van der Waals surface area contributed by atoms with Crippen molar-refractivity contribution in [2.75, 3.05) is 0 Å². The molecule has 1 saturated carbocycles. The van der Waals surface area contributed by atoms with Crippen LogP contribution >= 0.6 is 22.6 Å². The van der Waals surface area contributed by atoms with E-state index < -0.39 is 12.6 Å². The fourth-order valence-electron chi connectivity index (χ4n) is 1.81. The van der Waals surface area contributed by atoms with Gasteiger partial charge in [-0.2, -0.15) is 13.2 Å². The van der Waals surface area contributed by atoms with Gasteiger partial charge in [0.15, 0.2) is 0 Å². The summed E-state index contributed by atoms with van der Waals surface area (Å²) in [6.45, 7) is 0. The highest BCUT2D eigenvalue weighted by Crippen LogP contribution is 2.32. The average Bonchev–Trinajstić information content (AvgIpc) is 2.02. The molecule has 82 valence electrons. The first-order chi connectivity index (χ1) is 6.47. The number of alkyl halides is 3. The van der Waals surface area contributed by atoms with Crippen molar-refractivity contribution >= 4 is 22.6 Å². The highest BCUT2D eigenvalue weighted by molar-refractivity contribution is 14.1. The van der Waals surface area contributed by atoms with Gasteiger partial charge in [0, 0.05) is 0 Å². The molecule has 1 rings (SSSR count). The zero-order valence-electron chi connectivity index (χ0n) is 7.91. The molecule has 4 heteroatoms. The van der Waals surface area contributed by atoms with Crippen LogP contribution in [0.1, 0.15) is 38.5 Å². The molecule has 1 fully saturated rings. The summed E-state index contributed by atoms with van der Waals surface area (Å²) >= 11 is 1.81. The molecule has 1 aliphatic rings. The molecule has 0 aliphatic heterocycles. The minimum absolute atomic E-state index is 0.387. The van der Waals surface area contributed by atoms with Crippen LogP contribution in [0.2, 0.25) is 0 Å². The summed E-state index contributed by atoms with van der Waals surface area (Å²) < 4.78 is 36.5. The van der Waals surface area contributed by atoms with Gasteiger partial charge in [0.1, 0.15) is 0 Å². The molecule has 0 aromatic rings. The topological polar surface area (TPSA) is 0 Å². The summed E-state index contributed by atoms with van der Waals surface area (Å²) in [5.74, 6) is 0.387. The second-order valence-corrected chi connectivity index (χ2v) is 5.19. The minimum atomic E-state index is -4.05. The predicted octanol–water partition coefficient (Wildman–Crippen LogP) is 4.84. The Hall–Kier alpha value is 0.260. The molecule has 0 unspecified atom stereocenters. The molecule has 0 nitrogen and oxygen atoms in total. The quantitative estimate of drug-likeness (QED) is 0.639. The number of hydrogen-bond donors (Lipinski definition) is 0. The van der Waals surface area contributed by atoms with Crippen molar-refractivity contribution in [3.63, 3.8) is 0 Å². The Labute approximate surface area is 96.1 Å². The average molecular weight is 318 g/mol. The van der Waals surface area contributed by atoms with E-state index >= 15 is 0 Å². The van der Waals surface area contributed by atoms with Gasteiger partial charge in [0.25, 0.3) is 0 Å². The molecule has 0 bridgehead atoms. The van der Waals surface area contributed by atoms with Crippen LogP contribution in [-0.4, -0.2) is 6.18 Å². The maximum absolute atomic E-state index is 12.0. The Morgan fingerprint density at radius 2 is 1.79 bits per heavy atom. The highest BCUT2D eigenvalue weighted by atomic mass is 127. The smallest absolute Gasteiger partial charge is 0.171 e. The highest BCUT2D eigenvalue weighted by Gasteiger charge is 2.28. The zero-order chi connectivity index (χ0) is 10.6. The van der Waals surface area contributed by atoms with E-state index in [1.807, 2.05) is 28.7 Å². The molecule has 0 aromatic heterocycles. The molecule has 0 amide bonds. The molecule has 0 spiro atoms. The molecule has 14 heavy (non-hydrogen) atoms. The SMILES string of the molecule is FC(F)(F)C/C(I)=C/C1CCCCC1. The lowest BCUT2D eigenvalue weighted by atomic mass is 9.89. The van der Waals surface area contributed by atoms with Gasteiger partial charge >= 0.3 is 6.18 Å². The van der Waals surface area contributed by atoms with E-state index in [1.54, 1.807) is 0 Å². The molecule has 0 aromatic carbocycles. The van der Waals surface area contributed by atoms with Crippen molar-refractivity contribution in [1.82, 2.24) is 0 Å². The molecule has 0 heterocycles. The van der Waals surface area contributed by atoms with E-state index in [0.29, 0.717) is 9.50 Å². The van der Waals surface area contributed by atoms with Gasteiger partial charge in [-0.05, 0) is 44.9 Å². The first-order valence-electron chi connectivity index (χ1n) is 4.90. The maximum atomic E-state index is 12.0. The van der Waals surface area contributed by atoms with Crippen LogP contribution in [0.4, 0.5) is 13.2 Å². The van der Waals surface area contributed by atoms with Gasteiger partial charge in [-0.15, -0.1) is 0 Å². The zero-order valence-corrected chi connectivity index (χ0v) is 10.1. The lowest BCUT2D eigenvalue weighted by molar-refractivity contribution is -0.125. The summed E-state index contributed by atoms with van der Waals surface area (Å²) in [5, 5.41) is 0. The molecular weight excluding hydrogens is 304 g/mol. The van der Waals surface area contributed by atoms with Gasteiger partial charge in [-0.25, -0.2) is 0 Å². The van der Waals surface area contributed by atoms with Gasteiger partial charge < -0.3 is 0 Å². The Morgan fingerprint density at radius 3 is 2.29 bits per heavy atom. The van der Waals surface area contributed by atoms with Gasteiger partial charge in [0.05, 0.1) is 6.42 Å². The van der Waals surface area contributed by atoms with Crippen LogP contribution in [-0.2, 0) is 0 Å². The first kappa shape index (κ1) is 12.3. The van der Waals surface area contributed by atoms with E-state index in [1.165, 1.54) is 6.42 Å². The Morgan fingerprint density at radius 1 is 1.21 bits per heavy atom. The standard InChI is InChI=1S/C10H14F3I/c11-10(12,13)7-9(14)6-8-4-2-1-3-5-8/h6,8H,1-5,7H2/b9-6-. The molecule has 1 aliphatic carbocycles. The van der Waals surface area contributed by atoms with Crippen LogP contribution in [0.5, 0.6) is 0 Å². The second kappa shape index (κ2) is 5.37. The summed E-state index contributed by atoms with van der Waals surface area (Å²) in [5.41, 5.74) is 0. The van der Waals surface area contributed by atoms with Crippen LogP contribution < -0.4 is 0 Å². The van der Waals surface area contributed by atoms with Gasteiger partial charge in [-0.3, -0.25) is 0 Å². The monoisotopic (exact) mass is 318 g/mol. The Bertz CT molecular complexity index is 202. The number of allylic oxidation sites excluding steroid dienone is 2. The summed E-state index contributed by atoms with van der Waals surface area (Å²) in [4.78, 5) is 0. The van der Waals surface area contributed by atoms with Crippen LogP contribution in [0.25, 0.3) is 0 Å².